The lowest BCUT2D eigenvalue weighted by Gasteiger charge is -2.04. The van der Waals surface area contributed by atoms with Crippen molar-refractivity contribution in [2.24, 2.45) is 0 Å². The van der Waals surface area contributed by atoms with Crippen molar-refractivity contribution in [2.75, 3.05) is 0 Å². The van der Waals surface area contributed by atoms with Crippen LogP contribution in [0.2, 0.25) is 0 Å². The van der Waals surface area contributed by atoms with Gasteiger partial charge >= 0.3 is 0 Å². The second kappa shape index (κ2) is 6.99. The Morgan fingerprint density at radius 3 is 2.75 bits per heavy atom. The van der Waals surface area contributed by atoms with Gasteiger partial charge in [0.1, 0.15) is 5.69 Å². The Morgan fingerprint density at radius 2 is 1.89 bits per heavy atom. The summed E-state index contributed by atoms with van der Waals surface area (Å²) in [6.07, 6.45) is 1.77. The Labute approximate surface area is 161 Å². The highest BCUT2D eigenvalue weighted by Crippen LogP contribution is 2.31. The zero-order valence-corrected chi connectivity index (χ0v) is 15.0. The maximum atomic E-state index is 9.31. The summed E-state index contributed by atoms with van der Waals surface area (Å²) in [5, 5.41) is 13.4. The molecule has 0 amide bonds. The molecule has 1 aliphatic heterocycles. The van der Waals surface area contributed by atoms with Gasteiger partial charge in [-0.15, -0.1) is 0 Å². The van der Waals surface area contributed by atoms with E-state index in [1.807, 2.05) is 48.5 Å². The minimum atomic E-state index is 0.0131. The summed E-state index contributed by atoms with van der Waals surface area (Å²) in [6.45, 7) is 1.19. The predicted octanol–water partition coefficient (Wildman–Crippen LogP) is 3.99. The smallest absolute Gasteiger partial charge is 0.258 e. The van der Waals surface area contributed by atoms with Crippen molar-refractivity contribution in [1.82, 2.24) is 15.1 Å². The van der Waals surface area contributed by atoms with Crippen LogP contribution in [0, 0.1) is 0 Å². The first-order valence-corrected chi connectivity index (χ1v) is 9.01. The Morgan fingerprint density at radius 1 is 0.964 bits per heavy atom. The quantitative estimate of drug-likeness (QED) is 0.584. The van der Waals surface area contributed by atoms with Gasteiger partial charge in [0.2, 0.25) is 5.82 Å². The van der Waals surface area contributed by atoms with E-state index in [4.69, 9.17) is 9.26 Å². The highest BCUT2D eigenvalue weighted by molar-refractivity contribution is 5.67. The van der Waals surface area contributed by atoms with Crippen LogP contribution in [0.1, 0.15) is 16.7 Å². The second-order valence-corrected chi connectivity index (χ2v) is 6.65. The Bertz CT molecular complexity index is 1140. The number of aliphatic hydroxyl groups excluding tert-OH is 1. The fourth-order valence-electron chi connectivity index (χ4n) is 3.39. The fourth-order valence-corrected chi connectivity index (χ4v) is 3.39. The Balaban J connectivity index is 1.44. The molecule has 0 spiro atoms. The standard InChI is InChI=1S/C22H17N3O3/c26-11-14-3-1-4-15(9-14)16-7-8-20(23-10-16)21-24-22(28-25-21)18-6-2-5-17-12-27-13-19(17)18/h1-10,26H,11-13H2. The molecule has 4 aromatic rings. The van der Waals surface area contributed by atoms with Crippen molar-refractivity contribution in [3.8, 4) is 34.1 Å². The molecule has 0 aliphatic carbocycles. The minimum Gasteiger partial charge on any atom is -0.392 e. The van der Waals surface area contributed by atoms with Crippen molar-refractivity contribution in [3.05, 3.63) is 77.5 Å². The van der Waals surface area contributed by atoms with E-state index in [0.717, 1.165) is 33.4 Å². The molecule has 5 rings (SSSR count). The lowest BCUT2D eigenvalue weighted by Crippen LogP contribution is -1.90. The molecule has 3 heterocycles. The first-order chi connectivity index (χ1) is 13.8. The average molecular weight is 371 g/mol. The molecule has 0 fully saturated rings. The number of hydrogen-bond donors (Lipinski definition) is 1. The molecule has 0 saturated heterocycles. The second-order valence-electron chi connectivity index (χ2n) is 6.65. The van der Waals surface area contributed by atoms with Crippen LogP contribution in [0.4, 0.5) is 0 Å². The van der Waals surface area contributed by atoms with Crippen LogP contribution in [-0.2, 0) is 24.6 Å². The molecule has 0 atom stereocenters. The number of aromatic nitrogens is 3. The zero-order chi connectivity index (χ0) is 18.9. The van der Waals surface area contributed by atoms with E-state index in [2.05, 4.69) is 21.2 Å². The van der Waals surface area contributed by atoms with Crippen molar-refractivity contribution in [3.63, 3.8) is 0 Å². The molecule has 2 aromatic carbocycles. The molecule has 2 aromatic heterocycles. The number of pyridine rings is 1. The molecular formula is C22H17N3O3. The lowest BCUT2D eigenvalue weighted by molar-refractivity contribution is 0.134. The third kappa shape index (κ3) is 2.98. The summed E-state index contributed by atoms with van der Waals surface area (Å²) in [5.74, 6) is 0.918. The summed E-state index contributed by atoms with van der Waals surface area (Å²) < 4.78 is 11.0. The molecule has 0 radical (unpaired) electrons. The monoisotopic (exact) mass is 371 g/mol. The van der Waals surface area contributed by atoms with Gasteiger partial charge in [-0.25, -0.2) is 0 Å². The fraction of sp³-hybridized carbons (Fsp3) is 0.136. The van der Waals surface area contributed by atoms with Crippen molar-refractivity contribution in [1.29, 1.82) is 0 Å². The number of nitrogens with zero attached hydrogens (tertiary/aromatic N) is 3. The van der Waals surface area contributed by atoms with Crippen LogP contribution < -0.4 is 0 Å². The third-order valence-corrected chi connectivity index (χ3v) is 4.87. The van der Waals surface area contributed by atoms with E-state index in [9.17, 15) is 5.11 Å². The number of benzene rings is 2. The Hall–Kier alpha value is -3.35. The van der Waals surface area contributed by atoms with Gasteiger partial charge in [0.25, 0.3) is 5.89 Å². The number of ether oxygens (including phenoxy) is 1. The summed E-state index contributed by atoms with van der Waals surface area (Å²) in [6, 6.07) is 17.6. The van der Waals surface area contributed by atoms with E-state index in [1.165, 1.54) is 0 Å². The molecule has 0 saturated carbocycles. The van der Waals surface area contributed by atoms with Crippen LogP contribution >= 0.6 is 0 Å². The van der Waals surface area contributed by atoms with Crippen LogP contribution in [-0.4, -0.2) is 20.2 Å². The van der Waals surface area contributed by atoms with Gasteiger partial charge < -0.3 is 14.4 Å². The van der Waals surface area contributed by atoms with E-state index < -0.39 is 0 Å². The molecule has 28 heavy (non-hydrogen) atoms. The summed E-state index contributed by atoms with van der Waals surface area (Å²) in [5.41, 5.74) is 6.63. The van der Waals surface area contributed by atoms with Gasteiger partial charge in [-0.1, -0.05) is 41.6 Å². The average Bonchev–Trinajstić information content (AvgIpc) is 3.43. The maximum absolute atomic E-state index is 9.31. The number of aliphatic hydroxyl groups is 1. The molecule has 0 bridgehead atoms. The van der Waals surface area contributed by atoms with Gasteiger partial charge in [0.05, 0.1) is 19.8 Å². The first kappa shape index (κ1) is 16.8. The highest BCUT2D eigenvalue weighted by atomic mass is 16.5. The van der Waals surface area contributed by atoms with E-state index in [-0.39, 0.29) is 6.61 Å². The Kier molecular flexibility index (Phi) is 4.20. The third-order valence-electron chi connectivity index (χ3n) is 4.87. The van der Waals surface area contributed by atoms with Crippen LogP contribution in [0.25, 0.3) is 34.1 Å². The largest absolute Gasteiger partial charge is 0.392 e. The molecule has 6 nitrogen and oxygen atoms in total. The summed E-state index contributed by atoms with van der Waals surface area (Å²) in [4.78, 5) is 9.02. The van der Waals surface area contributed by atoms with Crippen LogP contribution in [0.3, 0.4) is 0 Å². The van der Waals surface area contributed by atoms with Crippen molar-refractivity contribution >= 4 is 0 Å². The number of hydrogen-bond acceptors (Lipinski definition) is 6. The van der Waals surface area contributed by atoms with Crippen LogP contribution in [0.15, 0.2) is 65.3 Å². The van der Waals surface area contributed by atoms with Gasteiger partial charge in [0, 0.05) is 17.3 Å². The normalized spacial score (nSPS) is 12.9. The van der Waals surface area contributed by atoms with Crippen molar-refractivity contribution in [2.45, 2.75) is 19.8 Å². The number of fused-ring (bicyclic) bond motifs is 1. The molecular weight excluding hydrogens is 354 g/mol. The van der Waals surface area contributed by atoms with Gasteiger partial charge in [-0.3, -0.25) is 4.98 Å². The summed E-state index contributed by atoms with van der Waals surface area (Å²) >= 11 is 0. The van der Waals surface area contributed by atoms with Gasteiger partial charge in [-0.05, 0) is 40.5 Å². The molecule has 138 valence electrons. The molecule has 1 N–H and O–H groups in total. The first-order valence-electron chi connectivity index (χ1n) is 9.01. The van der Waals surface area contributed by atoms with E-state index in [0.29, 0.717) is 30.6 Å². The SMILES string of the molecule is OCc1cccc(-c2ccc(-c3noc(-c4cccc5c4COC5)n3)nc2)c1. The zero-order valence-electron chi connectivity index (χ0n) is 15.0. The lowest BCUT2D eigenvalue weighted by atomic mass is 10.0. The predicted molar refractivity (Wildman–Crippen MR) is 103 cm³/mol. The van der Waals surface area contributed by atoms with Crippen LogP contribution in [0.5, 0.6) is 0 Å². The molecule has 1 aliphatic rings. The highest BCUT2D eigenvalue weighted by Gasteiger charge is 2.20. The van der Waals surface area contributed by atoms with E-state index >= 15 is 0 Å². The van der Waals surface area contributed by atoms with Crippen molar-refractivity contribution < 1.29 is 14.4 Å². The molecule has 0 unspecified atom stereocenters. The summed E-state index contributed by atoms with van der Waals surface area (Å²) in [7, 11) is 0. The molecule has 6 heteroatoms. The van der Waals surface area contributed by atoms with E-state index in [1.54, 1.807) is 6.20 Å². The topological polar surface area (TPSA) is 81.3 Å². The van der Waals surface area contributed by atoms with Gasteiger partial charge in [-0.2, -0.15) is 4.98 Å². The van der Waals surface area contributed by atoms with Gasteiger partial charge in [0.15, 0.2) is 0 Å². The maximum Gasteiger partial charge on any atom is 0.258 e. The number of rotatable bonds is 4. The minimum absolute atomic E-state index is 0.0131.